The van der Waals surface area contributed by atoms with Crippen LogP contribution in [0.5, 0.6) is 0 Å². The number of hydrogen-bond acceptors (Lipinski definition) is 3. The van der Waals surface area contributed by atoms with Gasteiger partial charge < -0.3 is 4.90 Å². The Morgan fingerprint density at radius 2 is 1.69 bits per heavy atom. The number of rotatable bonds is 7. The lowest BCUT2D eigenvalue weighted by atomic mass is 10.00. The average Bonchev–Trinajstić information content (AvgIpc) is 2.96. The third-order valence-electron chi connectivity index (χ3n) is 4.97. The predicted molar refractivity (Wildman–Crippen MR) is 120 cm³/mol. The van der Waals surface area contributed by atoms with Crippen LogP contribution in [0.15, 0.2) is 18.2 Å². The number of carbonyl (C=O) groups is 1. The van der Waals surface area contributed by atoms with Gasteiger partial charge in [-0.05, 0) is 61.7 Å². The number of hydrogen-bond donors (Lipinski definition) is 0. The summed E-state index contributed by atoms with van der Waals surface area (Å²) in [6, 6.07) is 6.55. The van der Waals surface area contributed by atoms with Gasteiger partial charge in [-0.2, -0.15) is 0 Å². The van der Waals surface area contributed by atoms with Crippen LogP contribution in [0.4, 0.5) is 5.69 Å². The molecule has 0 bridgehead atoms. The van der Waals surface area contributed by atoms with Gasteiger partial charge in [0.2, 0.25) is 5.91 Å². The molecule has 1 fully saturated rings. The molecule has 1 aromatic rings. The second kappa shape index (κ2) is 10.9. The van der Waals surface area contributed by atoms with Gasteiger partial charge in [0.25, 0.3) is 0 Å². The first kappa shape index (κ1) is 22.0. The van der Waals surface area contributed by atoms with Crippen LogP contribution >= 0.6 is 35.1 Å². The van der Waals surface area contributed by atoms with Crippen molar-refractivity contribution in [1.29, 1.82) is 0 Å². The number of halogens is 1. The minimum absolute atomic E-state index is 0.0581. The number of nitrogens with zero attached hydrogens (tertiary/aromatic N) is 1. The third kappa shape index (κ3) is 5.14. The molecule has 0 aliphatic carbocycles. The van der Waals surface area contributed by atoms with Gasteiger partial charge in [-0.25, -0.2) is 0 Å². The number of thioether (sulfide) groups is 2. The minimum Gasteiger partial charge on any atom is -0.306 e. The van der Waals surface area contributed by atoms with Crippen LogP contribution in [-0.2, 0) is 17.6 Å². The highest BCUT2D eigenvalue weighted by Gasteiger charge is 2.34. The van der Waals surface area contributed by atoms with Crippen molar-refractivity contribution in [3.8, 4) is 0 Å². The zero-order valence-corrected chi connectivity index (χ0v) is 18.9. The Morgan fingerprint density at radius 1 is 1.15 bits per heavy atom. The molecule has 0 aromatic heterocycles. The fraction of sp³-hybridized carbons (Fsp3) is 0.667. The van der Waals surface area contributed by atoms with Gasteiger partial charge in [0.15, 0.2) is 0 Å². The summed E-state index contributed by atoms with van der Waals surface area (Å²) in [6.45, 7) is 8.52. The van der Waals surface area contributed by atoms with Crippen molar-refractivity contribution >= 4 is 46.7 Å². The largest absolute Gasteiger partial charge is 0.306 e. The molecule has 0 radical (unpaired) electrons. The van der Waals surface area contributed by atoms with E-state index in [9.17, 15) is 4.79 Å². The molecule has 1 aromatic carbocycles. The van der Waals surface area contributed by atoms with E-state index in [0.29, 0.717) is 11.0 Å². The van der Waals surface area contributed by atoms with Crippen molar-refractivity contribution in [2.45, 2.75) is 75.8 Å². The number of carbonyl (C=O) groups excluding carboxylic acids is 1. The zero-order chi connectivity index (χ0) is 19.1. The van der Waals surface area contributed by atoms with E-state index in [2.05, 4.69) is 43.9 Å². The molecule has 2 nitrogen and oxygen atoms in total. The molecule has 2 unspecified atom stereocenters. The van der Waals surface area contributed by atoms with E-state index in [4.69, 9.17) is 11.6 Å². The molecule has 0 saturated carbocycles. The lowest BCUT2D eigenvalue weighted by Crippen LogP contribution is -2.47. The van der Waals surface area contributed by atoms with Crippen molar-refractivity contribution in [2.75, 3.05) is 16.4 Å². The van der Waals surface area contributed by atoms with E-state index in [1.54, 1.807) is 0 Å². The highest BCUT2D eigenvalue weighted by molar-refractivity contribution is 8.17. The quantitative estimate of drug-likeness (QED) is 0.501. The van der Waals surface area contributed by atoms with Gasteiger partial charge in [-0.15, -0.1) is 35.1 Å². The Kier molecular flexibility index (Phi) is 9.19. The van der Waals surface area contributed by atoms with E-state index < -0.39 is 5.38 Å². The van der Waals surface area contributed by atoms with Gasteiger partial charge in [-0.3, -0.25) is 4.79 Å². The number of alkyl halides is 1. The van der Waals surface area contributed by atoms with E-state index in [1.807, 2.05) is 30.4 Å². The first-order chi connectivity index (χ1) is 12.5. The van der Waals surface area contributed by atoms with Gasteiger partial charge >= 0.3 is 0 Å². The Morgan fingerprint density at radius 3 is 2.15 bits per heavy atom. The number of para-hydroxylation sites is 1. The van der Waals surface area contributed by atoms with Crippen LogP contribution in [0.25, 0.3) is 0 Å². The molecule has 1 aliphatic heterocycles. The minimum atomic E-state index is -0.465. The Bertz CT molecular complexity index is 565. The topological polar surface area (TPSA) is 20.3 Å². The third-order valence-corrected chi connectivity index (χ3v) is 8.78. The van der Waals surface area contributed by atoms with Crippen molar-refractivity contribution in [3.05, 3.63) is 29.3 Å². The molecule has 5 heteroatoms. The normalized spacial score (nSPS) is 18.2. The number of benzene rings is 1. The Balaban J connectivity index is 2.49. The van der Waals surface area contributed by atoms with E-state index in [-0.39, 0.29) is 11.9 Å². The van der Waals surface area contributed by atoms with Crippen LogP contribution in [0.1, 0.15) is 58.1 Å². The van der Waals surface area contributed by atoms with Crippen LogP contribution in [0.2, 0.25) is 0 Å². The fourth-order valence-electron chi connectivity index (χ4n) is 3.42. The first-order valence-electron chi connectivity index (χ1n) is 9.86. The molecule has 2 atom stereocenters. The Labute approximate surface area is 172 Å². The van der Waals surface area contributed by atoms with E-state index in [0.717, 1.165) is 18.5 Å². The van der Waals surface area contributed by atoms with E-state index >= 15 is 0 Å². The highest BCUT2D eigenvalue weighted by atomic mass is 35.5. The predicted octanol–water partition coefficient (Wildman–Crippen LogP) is 6.14. The number of amides is 1. The molecule has 1 saturated heterocycles. The lowest BCUT2D eigenvalue weighted by molar-refractivity contribution is -0.118. The molecule has 2 rings (SSSR count). The van der Waals surface area contributed by atoms with E-state index in [1.165, 1.54) is 35.5 Å². The first-order valence-corrected chi connectivity index (χ1v) is 12.4. The zero-order valence-electron chi connectivity index (χ0n) is 16.5. The maximum atomic E-state index is 13.4. The van der Waals surface area contributed by atoms with Crippen molar-refractivity contribution in [2.24, 2.45) is 0 Å². The average molecular weight is 414 g/mol. The summed E-state index contributed by atoms with van der Waals surface area (Å²) in [4.78, 5) is 15.4. The number of anilines is 1. The monoisotopic (exact) mass is 413 g/mol. The van der Waals surface area contributed by atoms with Gasteiger partial charge in [-0.1, -0.05) is 39.0 Å². The summed E-state index contributed by atoms with van der Waals surface area (Å²) in [7, 11) is 0. The van der Waals surface area contributed by atoms with Crippen LogP contribution in [0.3, 0.4) is 0 Å². The summed E-state index contributed by atoms with van der Waals surface area (Å²) in [5.41, 5.74) is 3.60. The fourth-order valence-corrected chi connectivity index (χ4v) is 6.49. The van der Waals surface area contributed by atoms with Gasteiger partial charge in [0, 0.05) is 0 Å². The summed E-state index contributed by atoms with van der Waals surface area (Å²) in [5, 5.41) is -0.465. The summed E-state index contributed by atoms with van der Waals surface area (Å²) >= 11 is 10.5. The maximum Gasteiger partial charge on any atom is 0.245 e. The molecular formula is C21H32ClNOS2. The maximum absolute atomic E-state index is 13.4. The standard InChI is InChI=1S/C21H32ClNOS2/c1-5-16-11-10-12-17(6-2)19(16)23(20(24)18(22)7-3)15(4)21-25-13-8-9-14-26-21/h10-12,15,18,21H,5-9,13-14H2,1-4H3. The van der Waals surface area contributed by atoms with Crippen molar-refractivity contribution in [1.82, 2.24) is 0 Å². The number of aryl methyl sites for hydroxylation is 2. The molecule has 0 N–H and O–H groups in total. The van der Waals surface area contributed by atoms with Crippen LogP contribution in [0, 0.1) is 0 Å². The molecule has 26 heavy (non-hydrogen) atoms. The van der Waals surface area contributed by atoms with Crippen molar-refractivity contribution < 1.29 is 4.79 Å². The molecular weight excluding hydrogens is 382 g/mol. The molecule has 0 spiro atoms. The molecule has 1 heterocycles. The van der Waals surface area contributed by atoms with Gasteiger partial charge in [0.05, 0.1) is 16.3 Å². The molecule has 146 valence electrons. The van der Waals surface area contributed by atoms with Gasteiger partial charge in [0.1, 0.15) is 5.38 Å². The second-order valence-corrected chi connectivity index (χ2v) is 10.1. The summed E-state index contributed by atoms with van der Waals surface area (Å²) < 4.78 is 0.400. The highest BCUT2D eigenvalue weighted by Crippen LogP contribution is 2.38. The lowest BCUT2D eigenvalue weighted by Gasteiger charge is -2.37. The van der Waals surface area contributed by atoms with Crippen molar-refractivity contribution in [3.63, 3.8) is 0 Å². The summed E-state index contributed by atoms with van der Waals surface area (Å²) in [5.74, 6) is 2.42. The summed E-state index contributed by atoms with van der Waals surface area (Å²) in [6.07, 6.45) is 5.04. The molecule has 1 aliphatic rings. The van der Waals surface area contributed by atoms with Crippen LogP contribution in [-0.4, -0.2) is 33.4 Å². The molecule has 1 amide bonds. The van der Waals surface area contributed by atoms with Crippen LogP contribution < -0.4 is 4.90 Å². The Hall–Kier alpha value is -0.320. The smallest absolute Gasteiger partial charge is 0.245 e. The SMILES string of the molecule is CCc1cccc(CC)c1N(C(=O)C(Cl)CC)C(C)C1SCCCCS1. The second-order valence-electron chi connectivity index (χ2n) is 6.77.